The van der Waals surface area contributed by atoms with E-state index in [-0.39, 0.29) is 10.8 Å². The van der Waals surface area contributed by atoms with Crippen molar-refractivity contribution in [3.8, 4) is 34.1 Å². The third kappa shape index (κ3) is 4.88. The topological polar surface area (TPSA) is 18.5 Å². The average molecular weight is 684 g/mol. The molecule has 0 saturated heterocycles. The molecule has 3 aliphatic rings. The van der Waals surface area contributed by atoms with Crippen molar-refractivity contribution in [2.24, 2.45) is 0 Å². The third-order valence-corrected chi connectivity index (χ3v) is 16.7. The van der Waals surface area contributed by atoms with Gasteiger partial charge in [0.15, 0.2) is 0 Å². The second-order valence-electron chi connectivity index (χ2n) is 15.9. The number of rotatable bonds is 5. The van der Waals surface area contributed by atoms with E-state index in [1.807, 2.05) is 0 Å². The van der Waals surface area contributed by atoms with Gasteiger partial charge in [-0.25, -0.2) is 0 Å². The molecule has 2 nitrogen and oxygen atoms in total. The Hall–Kier alpha value is -4.86. The van der Waals surface area contributed by atoms with Crippen molar-refractivity contribution in [1.82, 2.24) is 0 Å². The maximum Gasteiger partial charge on any atom is 0.150 e. The normalized spacial score (nSPS) is 18.8. The van der Waals surface area contributed by atoms with Crippen LogP contribution in [0.4, 0.5) is 0 Å². The van der Waals surface area contributed by atoms with Crippen molar-refractivity contribution in [2.75, 3.05) is 0 Å². The second kappa shape index (κ2) is 11.9. The molecule has 1 atom stereocenters. The molecule has 2 aliphatic heterocycles. The third-order valence-electron chi connectivity index (χ3n) is 12.3. The van der Waals surface area contributed by atoms with Gasteiger partial charge in [0.25, 0.3) is 0 Å². The lowest BCUT2D eigenvalue weighted by Gasteiger charge is -2.39. The maximum atomic E-state index is 9.89. The molecule has 0 radical (unpaired) electrons. The maximum absolute atomic E-state index is 9.89. The van der Waals surface area contributed by atoms with Crippen LogP contribution in [0.2, 0.25) is 6.55 Å². The summed E-state index contributed by atoms with van der Waals surface area (Å²) < 4.78 is 23.8. The number of fused-ring (bicyclic) bond motifs is 4. The van der Waals surface area contributed by atoms with Crippen LogP contribution in [0.15, 0.2) is 133 Å². The quantitative estimate of drug-likeness (QED) is 0.133. The zero-order chi connectivity index (χ0) is 35.9. The van der Waals surface area contributed by atoms with Crippen molar-refractivity contribution in [1.29, 1.82) is 0 Å². The van der Waals surface area contributed by atoms with E-state index < -0.39 is 14.0 Å². The summed E-state index contributed by atoms with van der Waals surface area (Å²) in [6.07, 6.45) is 3.89. The Morgan fingerprint density at radius 2 is 1.10 bits per heavy atom. The van der Waals surface area contributed by atoms with Gasteiger partial charge in [-0.2, -0.15) is 0 Å². The van der Waals surface area contributed by atoms with Gasteiger partial charge < -0.3 is 9.47 Å². The monoisotopic (exact) mass is 683 g/mol. The molecule has 0 amide bonds. The number of hydrogen-bond acceptors (Lipinski definition) is 2. The summed E-state index contributed by atoms with van der Waals surface area (Å²) in [5.41, 5.74) is 7.65. The number of para-hydroxylation sites is 4. The van der Waals surface area contributed by atoms with Gasteiger partial charge in [-0.15, -0.1) is 0 Å². The van der Waals surface area contributed by atoms with Crippen LogP contribution >= 0.6 is 0 Å². The summed E-state index contributed by atoms with van der Waals surface area (Å²) in [6, 6.07) is 48.5. The summed E-state index contributed by atoms with van der Waals surface area (Å²) >= 11 is 0. The van der Waals surface area contributed by atoms with Gasteiger partial charge in [-0.05, 0) is 57.6 Å². The zero-order valence-corrected chi connectivity index (χ0v) is 31.3. The second-order valence-corrected chi connectivity index (χ2v) is 19.8. The van der Waals surface area contributed by atoms with E-state index >= 15 is 0 Å². The Balaban J connectivity index is 1.31. The molecular formula is C48H46O2Si. The zero-order valence-electron chi connectivity index (χ0n) is 31.3. The SMILES string of the molecule is [2H]C1(c2ccc([Si](C)(c3ccccc3)c3cccc4c3Oc3ccccc3C4(C)C)cc2-c2cccc3c2Oc2ccccc2C3(C)C)CCCC1. The van der Waals surface area contributed by atoms with Gasteiger partial charge in [-0.3, -0.25) is 0 Å². The largest absolute Gasteiger partial charge is 0.457 e. The first-order valence-corrected chi connectivity index (χ1v) is 21.1. The van der Waals surface area contributed by atoms with E-state index in [1.54, 1.807) is 0 Å². The highest BCUT2D eigenvalue weighted by Crippen LogP contribution is 2.53. The van der Waals surface area contributed by atoms with Crippen LogP contribution in [0.1, 0.15) is 88.5 Å². The van der Waals surface area contributed by atoms with Crippen molar-refractivity contribution < 1.29 is 10.8 Å². The van der Waals surface area contributed by atoms with Crippen LogP contribution in [0.3, 0.4) is 0 Å². The molecule has 0 bridgehead atoms. The highest BCUT2D eigenvalue weighted by molar-refractivity contribution is 7.11. The molecule has 1 aliphatic carbocycles. The number of benzene rings is 6. The molecule has 3 heteroatoms. The van der Waals surface area contributed by atoms with E-state index in [2.05, 4.69) is 168 Å². The smallest absolute Gasteiger partial charge is 0.150 e. The minimum atomic E-state index is -2.74. The van der Waals surface area contributed by atoms with Crippen molar-refractivity contribution in [2.45, 2.75) is 76.6 Å². The van der Waals surface area contributed by atoms with E-state index in [0.717, 1.165) is 65.4 Å². The highest BCUT2D eigenvalue weighted by Gasteiger charge is 2.43. The molecule has 2 heterocycles. The minimum Gasteiger partial charge on any atom is -0.457 e. The predicted octanol–water partition coefficient (Wildman–Crippen LogP) is 11.0. The van der Waals surface area contributed by atoms with Gasteiger partial charge in [0.1, 0.15) is 31.1 Å². The van der Waals surface area contributed by atoms with Crippen LogP contribution in [0.5, 0.6) is 23.0 Å². The molecule has 0 N–H and O–H groups in total. The lowest BCUT2D eigenvalue weighted by molar-refractivity contribution is 0.419. The fraction of sp³-hybridized carbons (Fsp3) is 0.250. The molecule has 9 rings (SSSR count). The van der Waals surface area contributed by atoms with E-state index in [1.165, 1.54) is 37.8 Å². The lowest BCUT2D eigenvalue weighted by atomic mass is 9.74. The van der Waals surface area contributed by atoms with Crippen molar-refractivity contribution >= 4 is 23.6 Å². The van der Waals surface area contributed by atoms with Crippen molar-refractivity contribution in [3.63, 3.8) is 0 Å². The molecule has 1 saturated carbocycles. The summed E-state index contributed by atoms with van der Waals surface area (Å²) in [4.78, 5) is 0. The molecule has 254 valence electrons. The van der Waals surface area contributed by atoms with E-state index in [9.17, 15) is 1.37 Å². The molecule has 1 unspecified atom stereocenters. The lowest BCUT2D eigenvalue weighted by Crippen LogP contribution is -2.65. The standard InChI is InChI=1S/C48H46O2Si/c1-47(2)38-22-11-13-26-42(38)49-45-36(21-15-24-40(45)47)37-31-34(29-30-35(37)32-17-9-10-18-32)51(5,33-19-7-6-8-20-33)44-28-16-25-41-46(44)50-43-27-14-12-23-39(43)48(41,3)4/h6-8,11-16,19-32H,9-10,17-18H2,1-5H3/i32D. The van der Waals surface area contributed by atoms with E-state index in [4.69, 9.17) is 9.47 Å². The van der Waals surface area contributed by atoms with Gasteiger partial charge in [0.2, 0.25) is 0 Å². The predicted molar refractivity (Wildman–Crippen MR) is 214 cm³/mol. The Kier molecular flexibility index (Phi) is 7.18. The minimum absolute atomic E-state index is 0.217. The van der Waals surface area contributed by atoms with Gasteiger partial charge in [0, 0.05) is 40.0 Å². The molecule has 0 spiro atoms. The molecule has 51 heavy (non-hydrogen) atoms. The van der Waals surface area contributed by atoms with Crippen LogP contribution in [-0.2, 0) is 10.8 Å². The first-order chi connectivity index (χ1) is 25.0. The van der Waals surface area contributed by atoms with Crippen LogP contribution in [-0.4, -0.2) is 8.07 Å². The summed E-state index contributed by atoms with van der Waals surface area (Å²) in [5.74, 6) is 3.09. The fourth-order valence-electron chi connectivity index (χ4n) is 9.24. The van der Waals surface area contributed by atoms with Crippen molar-refractivity contribution in [3.05, 3.63) is 161 Å². The first-order valence-electron chi connectivity index (χ1n) is 19.1. The highest BCUT2D eigenvalue weighted by atomic mass is 28.3. The summed E-state index contributed by atoms with van der Waals surface area (Å²) in [6.45, 7) is 11.7. The van der Waals surface area contributed by atoms with Gasteiger partial charge >= 0.3 is 0 Å². The number of ether oxygens (including phenoxy) is 2. The Morgan fingerprint density at radius 3 is 1.76 bits per heavy atom. The fourth-order valence-corrected chi connectivity index (χ4v) is 13.0. The van der Waals surface area contributed by atoms with Gasteiger partial charge in [0.05, 0.1) is 0 Å². The molecule has 6 aromatic rings. The molecule has 6 aromatic carbocycles. The number of hydrogen-bond donors (Lipinski definition) is 0. The van der Waals surface area contributed by atoms with Crippen LogP contribution in [0.25, 0.3) is 11.1 Å². The average Bonchev–Trinajstić information content (AvgIpc) is 3.61. The van der Waals surface area contributed by atoms with Crippen LogP contribution in [0, 0.1) is 0 Å². The summed E-state index contributed by atoms with van der Waals surface area (Å²) in [5, 5.41) is 3.88. The first kappa shape index (κ1) is 30.9. The summed E-state index contributed by atoms with van der Waals surface area (Å²) in [7, 11) is -2.74. The van der Waals surface area contributed by atoms with Gasteiger partial charge in [-0.1, -0.05) is 168 Å². The Morgan fingerprint density at radius 1 is 0.549 bits per heavy atom. The van der Waals surface area contributed by atoms with E-state index in [0.29, 0.717) is 0 Å². The Labute approximate surface area is 305 Å². The molecule has 1 fully saturated rings. The molecule has 0 aromatic heterocycles. The Bertz CT molecular complexity index is 2350. The molecular weight excluding hydrogens is 637 g/mol. The van der Waals surface area contributed by atoms with Crippen LogP contribution < -0.4 is 25.0 Å².